The van der Waals surface area contributed by atoms with Crippen LogP contribution >= 0.6 is 0 Å². The second-order valence-corrected chi connectivity index (χ2v) is 4.76. The van der Waals surface area contributed by atoms with Gasteiger partial charge in [0.05, 0.1) is 19.3 Å². The smallest absolute Gasteiger partial charge is 0.328 e. The van der Waals surface area contributed by atoms with Gasteiger partial charge in [0.2, 0.25) is 0 Å². The van der Waals surface area contributed by atoms with E-state index in [0.717, 1.165) is 39.3 Å². The Balaban J connectivity index is 2.14. The Labute approximate surface area is 118 Å². The SMILES string of the molecule is CC(O)C(NC(=O)NCCCN1CCOCC1)C(=O)O. The average molecular weight is 289 g/mol. The van der Waals surface area contributed by atoms with Crippen molar-refractivity contribution in [3.63, 3.8) is 0 Å². The first-order valence-corrected chi connectivity index (χ1v) is 6.76. The summed E-state index contributed by atoms with van der Waals surface area (Å²) in [6.07, 6.45) is -0.369. The third-order valence-electron chi connectivity index (χ3n) is 3.08. The lowest BCUT2D eigenvalue weighted by atomic mass is 10.2. The van der Waals surface area contributed by atoms with E-state index in [1.165, 1.54) is 6.92 Å². The predicted molar refractivity (Wildman–Crippen MR) is 71.5 cm³/mol. The monoisotopic (exact) mass is 289 g/mol. The number of nitrogens with one attached hydrogen (secondary N) is 2. The molecule has 116 valence electrons. The molecular weight excluding hydrogens is 266 g/mol. The minimum atomic E-state index is -1.30. The first-order valence-electron chi connectivity index (χ1n) is 6.76. The molecule has 1 rings (SSSR count). The molecule has 0 aromatic carbocycles. The third-order valence-corrected chi connectivity index (χ3v) is 3.08. The number of rotatable bonds is 7. The van der Waals surface area contributed by atoms with Gasteiger partial charge in [0.25, 0.3) is 0 Å². The van der Waals surface area contributed by atoms with Crippen LogP contribution in [0.2, 0.25) is 0 Å². The van der Waals surface area contributed by atoms with Crippen molar-refractivity contribution in [1.82, 2.24) is 15.5 Å². The number of carboxylic acid groups (broad SMARTS) is 1. The van der Waals surface area contributed by atoms with Crippen LogP contribution in [0, 0.1) is 0 Å². The van der Waals surface area contributed by atoms with E-state index in [0.29, 0.717) is 6.54 Å². The molecule has 4 N–H and O–H groups in total. The number of morpholine rings is 1. The summed E-state index contributed by atoms with van der Waals surface area (Å²) in [5, 5.41) is 22.8. The van der Waals surface area contributed by atoms with E-state index < -0.39 is 24.1 Å². The van der Waals surface area contributed by atoms with Gasteiger partial charge in [-0.2, -0.15) is 0 Å². The highest BCUT2D eigenvalue weighted by Crippen LogP contribution is 1.97. The van der Waals surface area contributed by atoms with Crippen LogP contribution in [0.3, 0.4) is 0 Å². The van der Waals surface area contributed by atoms with E-state index in [2.05, 4.69) is 15.5 Å². The molecule has 1 fully saturated rings. The van der Waals surface area contributed by atoms with Crippen molar-refractivity contribution in [3.8, 4) is 0 Å². The summed E-state index contributed by atoms with van der Waals surface area (Å²) in [4.78, 5) is 24.5. The zero-order chi connectivity index (χ0) is 15.0. The third kappa shape index (κ3) is 6.18. The molecule has 2 amide bonds. The minimum Gasteiger partial charge on any atom is -0.480 e. The van der Waals surface area contributed by atoms with Crippen LogP contribution in [-0.2, 0) is 9.53 Å². The highest BCUT2D eigenvalue weighted by Gasteiger charge is 2.24. The van der Waals surface area contributed by atoms with Crippen molar-refractivity contribution in [2.24, 2.45) is 0 Å². The van der Waals surface area contributed by atoms with Crippen molar-refractivity contribution in [1.29, 1.82) is 0 Å². The lowest BCUT2D eigenvalue weighted by molar-refractivity contribution is -0.141. The number of urea groups is 1. The maximum Gasteiger partial charge on any atom is 0.328 e. The Morgan fingerprint density at radius 2 is 2.00 bits per heavy atom. The maximum atomic E-state index is 11.5. The van der Waals surface area contributed by atoms with Gasteiger partial charge in [0.15, 0.2) is 6.04 Å². The van der Waals surface area contributed by atoms with Gasteiger partial charge in [0.1, 0.15) is 0 Å². The second kappa shape index (κ2) is 8.72. The van der Waals surface area contributed by atoms with Gasteiger partial charge < -0.3 is 25.6 Å². The van der Waals surface area contributed by atoms with Crippen LogP contribution in [0.25, 0.3) is 0 Å². The normalized spacial score (nSPS) is 19.1. The molecule has 0 spiro atoms. The molecule has 0 aliphatic carbocycles. The predicted octanol–water partition coefficient (Wildman–Crippen LogP) is -1.16. The number of nitrogens with zero attached hydrogens (tertiary/aromatic N) is 1. The molecule has 0 saturated carbocycles. The lowest BCUT2D eigenvalue weighted by Crippen LogP contribution is -2.51. The van der Waals surface area contributed by atoms with Crippen molar-refractivity contribution in [2.45, 2.75) is 25.5 Å². The van der Waals surface area contributed by atoms with E-state index in [-0.39, 0.29) is 0 Å². The summed E-state index contributed by atoms with van der Waals surface area (Å²) in [5.41, 5.74) is 0. The van der Waals surface area contributed by atoms with Gasteiger partial charge in [-0.3, -0.25) is 4.90 Å². The average Bonchev–Trinajstić information content (AvgIpc) is 2.41. The summed E-state index contributed by atoms with van der Waals surface area (Å²) < 4.78 is 5.23. The van der Waals surface area contributed by atoms with Crippen molar-refractivity contribution in [2.75, 3.05) is 39.4 Å². The largest absolute Gasteiger partial charge is 0.480 e. The molecule has 8 nitrogen and oxygen atoms in total. The van der Waals surface area contributed by atoms with E-state index in [1.807, 2.05) is 0 Å². The quantitative estimate of drug-likeness (QED) is 0.440. The maximum absolute atomic E-state index is 11.5. The van der Waals surface area contributed by atoms with Gasteiger partial charge in [-0.1, -0.05) is 0 Å². The summed E-state index contributed by atoms with van der Waals surface area (Å²) in [6.45, 7) is 5.91. The Morgan fingerprint density at radius 1 is 1.35 bits per heavy atom. The summed E-state index contributed by atoms with van der Waals surface area (Å²) in [5.74, 6) is -1.26. The van der Waals surface area contributed by atoms with Gasteiger partial charge in [-0.15, -0.1) is 0 Å². The lowest BCUT2D eigenvalue weighted by Gasteiger charge is -2.26. The van der Waals surface area contributed by atoms with Crippen LogP contribution in [0.5, 0.6) is 0 Å². The number of hydrogen-bond acceptors (Lipinski definition) is 5. The molecule has 2 unspecified atom stereocenters. The molecule has 0 radical (unpaired) electrons. The molecule has 8 heteroatoms. The molecule has 2 atom stereocenters. The number of aliphatic hydroxyl groups is 1. The number of aliphatic hydroxyl groups excluding tert-OH is 1. The standard InChI is InChI=1S/C12H23N3O5/c1-9(16)10(11(17)18)14-12(19)13-3-2-4-15-5-7-20-8-6-15/h9-10,16H,2-8H2,1H3,(H,17,18)(H2,13,14,19). The zero-order valence-corrected chi connectivity index (χ0v) is 11.7. The zero-order valence-electron chi connectivity index (χ0n) is 11.7. The number of amides is 2. The molecule has 0 bridgehead atoms. The first-order chi connectivity index (χ1) is 9.50. The highest BCUT2D eigenvalue weighted by atomic mass is 16.5. The summed E-state index contributed by atoms with van der Waals surface area (Å²) in [7, 11) is 0. The Kier molecular flexibility index (Phi) is 7.27. The fourth-order valence-corrected chi connectivity index (χ4v) is 1.91. The van der Waals surface area contributed by atoms with Crippen LogP contribution in [0.1, 0.15) is 13.3 Å². The molecule has 1 heterocycles. The summed E-state index contributed by atoms with van der Waals surface area (Å²) >= 11 is 0. The van der Waals surface area contributed by atoms with Gasteiger partial charge in [-0.05, 0) is 19.9 Å². The van der Waals surface area contributed by atoms with Crippen molar-refractivity contribution >= 4 is 12.0 Å². The van der Waals surface area contributed by atoms with Gasteiger partial charge in [-0.25, -0.2) is 9.59 Å². The number of aliphatic carboxylic acids is 1. The minimum absolute atomic E-state index is 0.454. The number of carbonyl (C=O) groups is 2. The number of hydrogen-bond donors (Lipinski definition) is 4. The molecule has 1 aliphatic heterocycles. The second-order valence-electron chi connectivity index (χ2n) is 4.76. The van der Waals surface area contributed by atoms with Crippen LogP contribution in [0.4, 0.5) is 4.79 Å². The van der Waals surface area contributed by atoms with Crippen LogP contribution in [-0.4, -0.2) is 78.7 Å². The molecule has 0 aromatic rings. The Bertz CT molecular complexity index is 318. The fraction of sp³-hybridized carbons (Fsp3) is 0.833. The molecule has 20 heavy (non-hydrogen) atoms. The van der Waals surface area contributed by atoms with Crippen LogP contribution < -0.4 is 10.6 Å². The van der Waals surface area contributed by atoms with Crippen molar-refractivity contribution < 1.29 is 24.5 Å². The Hall–Kier alpha value is -1.38. The van der Waals surface area contributed by atoms with Crippen LogP contribution in [0.15, 0.2) is 0 Å². The van der Waals surface area contributed by atoms with E-state index >= 15 is 0 Å². The van der Waals surface area contributed by atoms with Gasteiger partial charge >= 0.3 is 12.0 Å². The van der Waals surface area contributed by atoms with E-state index in [9.17, 15) is 14.7 Å². The van der Waals surface area contributed by atoms with E-state index in [4.69, 9.17) is 9.84 Å². The summed E-state index contributed by atoms with van der Waals surface area (Å²) in [6, 6.07) is -1.88. The molecule has 0 aromatic heterocycles. The van der Waals surface area contributed by atoms with E-state index in [1.54, 1.807) is 0 Å². The highest BCUT2D eigenvalue weighted by molar-refractivity contribution is 5.82. The molecule has 1 saturated heterocycles. The topological polar surface area (TPSA) is 111 Å². The number of carbonyl (C=O) groups excluding carboxylic acids is 1. The van der Waals surface area contributed by atoms with Crippen molar-refractivity contribution in [3.05, 3.63) is 0 Å². The molecule has 1 aliphatic rings. The number of ether oxygens (including phenoxy) is 1. The van der Waals surface area contributed by atoms with Gasteiger partial charge in [0, 0.05) is 19.6 Å². The number of carboxylic acids is 1. The molecular formula is C12H23N3O5. The first kappa shape index (κ1) is 16.7. The Morgan fingerprint density at radius 3 is 2.55 bits per heavy atom. The fourth-order valence-electron chi connectivity index (χ4n) is 1.91.